The Morgan fingerprint density at radius 3 is 2.48 bits per heavy atom. The van der Waals surface area contributed by atoms with E-state index in [2.05, 4.69) is 4.72 Å². The summed E-state index contributed by atoms with van der Waals surface area (Å²) in [5.41, 5.74) is 8.33. The van der Waals surface area contributed by atoms with Crippen molar-refractivity contribution in [2.24, 2.45) is 0 Å². The van der Waals surface area contributed by atoms with Gasteiger partial charge in [0.15, 0.2) is 11.5 Å². The van der Waals surface area contributed by atoms with Crippen molar-refractivity contribution in [2.45, 2.75) is 30.2 Å². The van der Waals surface area contributed by atoms with Gasteiger partial charge < -0.3 is 15.2 Å². The lowest BCUT2D eigenvalue weighted by molar-refractivity contribution is 0.350. The number of sulfonamides is 1. The molecule has 2 aromatic carbocycles. The van der Waals surface area contributed by atoms with Gasteiger partial charge in [-0.15, -0.1) is 12.4 Å². The summed E-state index contributed by atoms with van der Waals surface area (Å²) in [6, 6.07) is 7.11. The molecule has 0 saturated heterocycles. The van der Waals surface area contributed by atoms with Crippen molar-refractivity contribution in [3.8, 4) is 11.5 Å². The third kappa shape index (κ3) is 4.28. The van der Waals surface area contributed by atoms with Crippen molar-refractivity contribution in [1.29, 1.82) is 0 Å². The van der Waals surface area contributed by atoms with Crippen LogP contribution in [0.3, 0.4) is 0 Å². The maximum Gasteiger partial charge on any atom is 0.244 e. The molecule has 3 N–H and O–H groups in total. The Kier molecular flexibility index (Phi) is 6.56. The Hall–Kier alpha value is -2.03. The lowest BCUT2D eigenvalue weighted by atomic mass is 9.88. The van der Waals surface area contributed by atoms with Crippen molar-refractivity contribution in [2.75, 3.05) is 20.0 Å². The molecule has 1 aliphatic carbocycles. The summed E-state index contributed by atoms with van der Waals surface area (Å²) in [5.74, 6) is -0.628. The molecule has 0 radical (unpaired) electrons. The van der Waals surface area contributed by atoms with Crippen molar-refractivity contribution in [1.82, 2.24) is 4.72 Å². The number of rotatable bonds is 5. The second kappa shape index (κ2) is 8.33. The van der Waals surface area contributed by atoms with Crippen LogP contribution in [0.1, 0.15) is 30.0 Å². The lowest BCUT2D eigenvalue weighted by Gasteiger charge is -2.26. The summed E-state index contributed by atoms with van der Waals surface area (Å²) in [6.07, 6.45) is 2.28. The van der Waals surface area contributed by atoms with Crippen molar-refractivity contribution in [3.63, 3.8) is 0 Å². The van der Waals surface area contributed by atoms with Gasteiger partial charge in [-0.1, -0.05) is 6.07 Å². The van der Waals surface area contributed by atoms with Crippen LogP contribution in [0.4, 0.5) is 10.1 Å². The normalized spacial score (nSPS) is 16.2. The highest BCUT2D eigenvalue weighted by Gasteiger charge is 2.29. The molecule has 148 valence electrons. The van der Waals surface area contributed by atoms with Gasteiger partial charge in [0.25, 0.3) is 0 Å². The first-order valence-electron chi connectivity index (χ1n) is 8.18. The molecule has 0 heterocycles. The average Bonchev–Trinajstić information content (AvgIpc) is 2.60. The third-order valence-corrected chi connectivity index (χ3v) is 5.99. The second-order valence-electron chi connectivity index (χ2n) is 6.16. The second-order valence-corrected chi connectivity index (χ2v) is 7.84. The minimum atomic E-state index is -4.09. The molecular formula is C18H22ClFN2O4S. The van der Waals surface area contributed by atoms with Crippen LogP contribution in [0.25, 0.3) is 0 Å². The van der Waals surface area contributed by atoms with Crippen LogP contribution in [0.15, 0.2) is 35.2 Å². The summed E-state index contributed by atoms with van der Waals surface area (Å²) >= 11 is 0. The van der Waals surface area contributed by atoms with Crippen LogP contribution in [-0.2, 0) is 16.4 Å². The Morgan fingerprint density at radius 2 is 1.81 bits per heavy atom. The van der Waals surface area contributed by atoms with E-state index in [0.717, 1.165) is 36.1 Å². The van der Waals surface area contributed by atoms with Crippen LogP contribution < -0.4 is 19.9 Å². The number of nitrogen functional groups attached to an aromatic ring is 1. The molecule has 2 aromatic rings. The predicted octanol–water partition coefficient (Wildman–Crippen LogP) is 3.20. The largest absolute Gasteiger partial charge is 0.493 e. The molecule has 27 heavy (non-hydrogen) atoms. The van der Waals surface area contributed by atoms with Gasteiger partial charge in [-0.05, 0) is 42.5 Å². The molecule has 0 bridgehead atoms. The number of methoxy groups -OCH3 is 2. The SMILES string of the molecule is COc1cc(F)c(S(=O)(=O)NC2CCCc3cc(N)ccc32)cc1OC.Cl. The number of aryl methyl sites for hydroxylation is 1. The fraction of sp³-hybridized carbons (Fsp3) is 0.333. The van der Waals surface area contributed by atoms with Gasteiger partial charge in [0.1, 0.15) is 10.7 Å². The molecule has 1 atom stereocenters. The molecule has 0 spiro atoms. The van der Waals surface area contributed by atoms with E-state index in [1.165, 1.54) is 14.2 Å². The Labute approximate surface area is 164 Å². The summed E-state index contributed by atoms with van der Waals surface area (Å²) in [4.78, 5) is -0.474. The fourth-order valence-electron chi connectivity index (χ4n) is 3.25. The molecule has 0 saturated carbocycles. The average molecular weight is 417 g/mol. The number of hydrogen-bond donors (Lipinski definition) is 2. The highest BCUT2D eigenvalue weighted by molar-refractivity contribution is 7.89. The summed E-state index contributed by atoms with van der Waals surface area (Å²) < 4.78 is 52.7. The van der Waals surface area contributed by atoms with Gasteiger partial charge in [-0.2, -0.15) is 0 Å². The van der Waals surface area contributed by atoms with Crippen LogP contribution in [0.2, 0.25) is 0 Å². The Morgan fingerprint density at radius 1 is 1.15 bits per heavy atom. The van der Waals surface area contributed by atoms with Crippen molar-refractivity contribution < 1.29 is 22.3 Å². The van der Waals surface area contributed by atoms with Gasteiger partial charge in [-0.25, -0.2) is 17.5 Å². The number of halogens is 2. The van der Waals surface area contributed by atoms with E-state index in [1.54, 1.807) is 6.07 Å². The molecule has 0 fully saturated rings. The minimum Gasteiger partial charge on any atom is -0.493 e. The highest BCUT2D eigenvalue weighted by atomic mass is 35.5. The maximum atomic E-state index is 14.4. The summed E-state index contributed by atoms with van der Waals surface area (Å²) in [6.45, 7) is 0. The molecule has 1 aliphatic rings. The van der Waals surface area contributed by atoms with Crippen molar-refractivity contribution in [3.05, 3.63) is 47.3 Å². The molecule has 6 nitrogen and oxygen atoms in total. The molecule has 3 rings (SSSR count). The van der Waals surface area contributed by atoms with Crippen molar-refractivity contribution >= 4 is 28.1 Å². The number of hydrogen-bond acceptors (Lipinski definition) is 5. The molecule has 0 amide bonds. The number of nitrogens with two attached hydrogens (primary N) is 1. The summed E-state index contributed by atoms with van der Waals surface area (Å²) in [5, 5.41) is 0. The first-order valence-corrected chi connectivity index (χ1v) is 9.66. The Bertz CT molecular complexity index is 937. The van der Waals surface area contributed by atoms with Gasteiger partial charge in [-0.3, -0.25) is 0 Å². The van der Waals surface area contributed by atoms with Crippen LogP contribution in [0.5, 0.6) is 11.5 Å². The van der Waals surface area contributed by atoms with Gasteiger partial charge in [0.2, 0.25) is 10.0 Å². The standard InChI is InChI=1S/C18H21FN2O4S.ClH/c1-24-16-9-14(19)18(10-17(16)25-2)26(22,23)21-15-5-3-4-11-8-12(20)6-7-13(11)15;/h6-10,15,21H,3-5,20H2,1-2H3;1H. The topological polar surface area (TPSA) is 90.7 Å². The molecule has 0 aliphatic heterocycles. The lowest BCUT2D eigenvalue weighted by Crippen LogP contribution is -2.31. The number of benzene rings is 2. The number of nitrogens with one attached hydrogen (secondary N) is 1. The Balaban J connectivity index is 0.00000261. The predicted molar refractivity (Wildman–Crippen MR) is 104 cm³/mol. The fourth-order valence-corrected chi connectivity index (χ4v) is 4.57. The van der Waals surface area contributed by atoms with E-state index in [1.807, 2.05) is 12.1 Å². The summed E-state index contributed by atoms with van der Waals surface area (Å²) in [7, 11) is -1.37. The first-order chi connectivity index (χ1) is 12.4. The van der Waals surface area contributed by atoms with E-state index in [-0.39, 0.29) is 23.9 Å². The smallest absolute Gasteiger partial charge is 0.244 e. The number of fused-ring (bicyclic) bond motifs is 1. The molecule has 1 unspecified atom stereocenters. The zero-order valence-corrected chi connectivity index (χ0v) is 16.6. The van der Waals surface area contributed by atoms with E-state index in [0.29, 0.717) is 12.1 Å². The quantitative estimate of drug-likeness (QED) is 0.730. The van der Waals surface area contributed by atoms with E-state index in [9.17, 15) is 12.8 Å². The zero-order chi connectivity index (χ0) is 18.9. The molecular weight excluding hydrogens is 395 g/mol. The third-order valence-electron chi connectivity index (χ3n) is 4.51. The van der Waals surface area contributed by atoms with Crippen LogP contribution >= 0.6 is 12.4 Å². The maximum absolute atomic E-state index is 14.4. The van der Waals surface area contributed by atoms with Gasteiger partial charge >= 0.3 is 0 Å². The van der Waals surface area contributed by atoms with E-state index >= 15 is 0 Å². The first kappa shape index (κ1) is 21.3. The molecule has 0 aromatic heterocycles. The molecule has 9 heteroatoms. The van der Waals surface area contributed by atoms with E-state index in [4.69, 9.17) is 15.2 Å². The number of ether oxygens (including phenoxy) is 2. The van der Waals surface area contributed by atoms with Crippen LogP contribution in [-0.4, -0.2) is 22.6 Å². The van der Waals surface area contributed by atoms with Crippen LogP contribution in [0, 0.1) is 5.82 Å². The zero-order valence-electron chi connectivity index (χ0n) is 15.0. The minimum absolute atomic E-state index is 0. The van der Waals surface area contributed by atoms with Gasteiger partial charge in [0, 0.05) is 23.9 Å². The monoisotopic (exact) mass is 416 g/mol. The van der Waals surface area contributed by atoms with Gasteiger partial charge in [0.05, 0.1) is 14.2 Å². The van der Waals surface area contributed by atoms with E-state index < -0.39 is 26.8 Å². The highest BCUT2D eigenvalue weighted by Crippen LogP contribution is 2.35. The number of anilines is 1.